The number of ether oxygens (including phenoxy) is 2. The molecule has 0 spiro atoms. The first kappa shape index (κ1) is 49.6. The molecule has 69 heavy (non-hydrogen) atoms. The van der Waals surface area contributed by atoms with E-state index < -0.39 is 59.3 Å². The number of allylic oxidation sites excluding steroid dienone is 1. The smallest absolute Gasteiger partial charge is 0.416 e. The molecule has 2 fully saturated rings. The lowest BCUT2D eigenvalue weighted by Crippen LogP contribution is -2.47. The lowest BCUT2D eigenvalue weighted by Gasteiger charge is -2.39. The summed E-state index contributed by atoms with van der Waals surface area (Å²) in [6, 6.07) is 14.9. The van der Waals surface area contributed by atoms with E-state index in [1.54, 1.807) is 30.5 Å². The summed E-state index contributed by atoms with van der Waals surface area (Å²) in [4.78, 5) is 36.5. The van der Waals surface area contributed by atoms with E-state index in [0.717, 1.165) is 59.9 Å². The largest absolute Gasteiger partial charge is 0.455 e. The molecule has 23 heteroatoms. The van der Waals surface area contributed by atoms with Gasteiger partial charge < -0.3 is 24.7 Å². The minimum absolute atomic E-state index is 0.0113. The number of hydrogen-bond donors (Lipinski definition) is 3. The highest BCUT2D eigenvalue weighted by Gasteiger charge is 2.34. The molecule has 1 atom stereocenters. The monoisotopic (exact) mass is 1010 g/mol. The number of amides is 1. The molecule has 0 unspecified atom stereocenters. The van der Waals surface area contributed by atoms with Gasteiger partial charge in [-0.25, -0.2) is 26.5 Å². The molecule has 1 aliphatic carbocycles. The molecule has 3 N–H and O–H groups in total. The standard InChI is InChI=1S/C46H50ClF3N8O9S2/c1-45(2)12-10-30(38(24-45)36-7-4-31(21-39(36)47)46(48,49)50)27-55-14-16-56(17-15-55)32-5-8-37(42(22-32)67-33-20-29-11-13-51-43(29)53-25-33)44(59)54-69(64,65)35-6-9-40(41(23-35)58(60)61)52-26-34-28-57(18-19-66-34)68(3,62)63/h4-9,11,13,20-23,25,34,52H,10,12,14-19,24,26-28H2,1-3H3,(H,51,53)(H,54,59)/t34-/m0/s1. The minimum atomic E-state index is -4.71. The van der Waals surface area contributed by atoms with Gasteiger partial charge in [0.15, 0.2) is 0 Å². The third kappa shape index (κ3) is 11.6. The Hall–Kier alpha value is -5.78. The Balaban J connectivity index is 0.996. The molecule has 4 heterocycles. The molecule has 5 aromatic rings. The number of morpholine rings is 1. The zero-order chi connectivity index (χ0) is 49.5. The summed E-state index contributed by atoms with van der Waals surface area (Å²) in [6.07, 6.45) is 1.43. The molecule has 3 aromatic carbocycles. The molecule has 17 nitrogen and oxygen atoms in total. The van der Waals surface area contributed by atoms with Crippen LogP contribution in [-0.4, -0.2) is 118 Å². The fourth-order valence-electron chi connectivity index (χ4n) is 8.80. The number of halogens is 4. The number of nitro groups is 1. The number of aromatic amines is 1. The van der Waals surface area contributed by atoms with Crippen molar-refractivity contribution < 1.29 is 49.2 Å². The Morgan fingerprint density at radius 3 is 2.51 bits per heavy atom. The molecule has 2 saturated heterocycles. The first-order valence-electron chi connectivity index (χ1n) is 22.0. The van der Waals surface area contributed by atoms with Crippen molar-refractivity contribution in [3.63, 3.8) is 0 Å². The quantitative estimate of drug-likeness (QED) is 0.0715. The van der Waals surface area contributed by atoms with Gasteiger partial charge in [0.25, 0.3) is 21.6 Å². The maximum Gasteiger partial charge on any atom is 0.416 e. The summed E-state index contributed by atoms with van der Waals surface area (Å²) >= 11 is 6.53. The molecule has 8 rings (SSSR count). The number of carbonyl (C=O) groups is 1. The number of pyridine rings is 1. The second-order valence-electron chi connectivity index (χ2n) is 18.1. The SMILES string of the molecule is CC1(C)CCC(CN2CCN(c3ccc(C(=O)NS(=O)(=O)c4ccc(NC[C@H]5CN(S(C)(=O)=O)CCO5)c([N+](=O)[O-])c4)c(Oc4cnc5[nH]ccc5c4)c3)CC2)=C(c2ccc(C(F)(F)F)cc2Cl)C1. The molecule has 0 bridgehead atoms. The van der Waals surface area contributed by atoms with E-state index in [4.69, 9.17) is 21.1 Å². The van der Waals surface area contributed by atoms with Crippen LogP contribution in [0.25, 0.3) is 16.6 Å². The average molecular weight is 1020 g/mol. The lowest BCUT2D eigenvalue weighted by atomic mass is 9.72. The van der Waals surface area contributed by atoms with E-state index in [0.29, 0.717) is 56.0 Å². The fraction of sp³-hybridized carbons (Fsp3) is 0.391. The van der Waals surface area contributed by atoms with Crippen LogP contribution in [-0.2, 0) is 31.0 Å². The second-order valence-corrected chi connectivity index (χ2v) is 22.2. The molecule has 368 valence electrons. The number of nitrogens with one attached hydrogen (secondary N) is 3. The number of alkyl halides is 3. The van der Waals surface area contributed by atoms with E-state index in [9.17, 15) is 44.9 Å². The van der Waals surface area contributed by atoms with E-state index >= 15 is 0 Å². The number of fused-ring (bicyclic) bond motifs is 1. The molecular formula is C46H50ClF3N8O9S2. The molecule has 0 saturated carbocycles. The predicted octanol–water partition coefficient (Wildman–Crippen LogP) is 7.91. The van der Waals surface area contributed by atoms with Gasteiger partial charge in [-0.3, -0.25) is 19.8 Å². The van der Waals surface area contributed by atoms with Crippen molar-refractivity contribution in [2.24, 2.45) is 5.41 Å². The van der Waals surface area contributed by atoms with Crippen LogP contribution in [0.2, 0.25) is 5.02 Å². The van der Waals surface area contributed by atoms with Crippen molar-refractivity contribution >= 4 is 71.2 Å². The van der Waals surface area contributed by atoms with Gasteiger partial charge in [-0.1, -0.05) is 37.1 Å². The number of anilines is 2. The number of hydrogen-bond acceptors (Lipinski definition) is 13. The number of piperazine rings is 1. The van der Waals surface area contributed by atoms with Gasteiger partial charge in [0.2, 0.25) is 10.0 Å². The number of nitrogens with zero attached hydrogens (tertiary/aromatic N) is 5. The summed E-state index contributed by atoms with van der Waals surface area (Å²) < 4.78 is 107. The van der Waals surface area contributed by atoms with Gasteiger partial charge in [-0.05, 0) is 84.3 Å². The zero-order valence-corrected chi connectivity index (χ0v) is 40.2. The Kier molecular flexibility index (Phi) is 14.1. The summed E-state index contributed by atoms with van der Waals surface area (Å²) in [5.41, 5.74) is 2.32. The number of rotatable bonds is 14. The fourth-order valence-corrected chi connectivity index (χ4v) is 10.9. The Bertz CT molecular complexity index is 3050. The summed E-state index contributed by atoms with van der Waals surface area (Å²) in [5, 5.41) is 15.8. The Labute approximate surface area is 401 Å². The number of carbonyl (C=O) groups excluding carboxylic acids is 1. The number of H-pyrrole nitrogens is 1. The first-order chi connectivity index (χ1) is 32.5. The second kappa shape index (κ2) is 19.5. The Morgan fingerprint density at radius 2 is 1.80 bits per heavy atom. The van der Waals surface area contributed by atoms with Crippen LogP contribution >= 0.6 is 11.6 Å². The van der Waals surface area contributed by atoms with Crippen molar-refractivity contribution in [2.45, 2.75) is 50.3 Å². The van der Waals surface area contributed by atoms with Crippen molar-refractivity contribution in [1.82, 2.24) is 23.9 Å². The maximum absolute atomic E-state index is 14.0. The topological polar surface area (TPSA) is 209 Å². The highest BCUT2D eigenvalue weighted by atomic mass is 35.5. The zero-order valence-electron chi connectivity index (χ0n) is 37.8. The number of nitro benzene ring substituents is 1. The van der Waals surface area contributed by atoms with Gasteiger partial charge in [-0.15, -0.1) is 0 Å². The van der Waals surface area contributed by atoms with Crippen molar-refractivity contribution in [3.05, 3.63) is 117 Å². The van der Waals surface area contributed by atoms with Gasteiger partial charge >= 0.3 is 6.18 Å². The van der Waals surface area contributed by atoms with Crippen molar-refractivity contribution in [2.75, 3.05) is 75.4 Å². The minimum Gasteiger partial charge on any atom is -0.455 e. The van der Waals surface area contributed by atoms with Gasteiger partial charge in [0.05, 0.1) is 46.1 Å². The van der Waals surface area contributed by atoms with Crippen LogP contribution in [0.15, 0.2) is 89.6 Å². The van der Waals surface area contributed by atoms with Gasteiger partial charge in [-0.2, -0.15) is 17.5 Å². The van der Waals surface area contributed by atoms with E-state index in [2.05, 4.69) is 38.9 Å². The Morgan fingerprint density at radius 1 is 1.03 bits per heavy atom. The van der Waals surface area contributed by atoms with Crippen molar-refractivity contribution in [3.8, 4) is 11.5 Å². The molecule has 0 radical (unpaired) electrons. The predicted molar refractivity (Wildman–Crippen MR) is 255 cm³/mol. The summed E-state index contributed by atoms with van der Waals surface area (Å²) in [7, 11) is -8.21. The number of aromatic nitrogens is 2. The normalized spacial score (nSPS) is 18.6. The summed E-state index contributed by atoms with van der Waals surface area (Å²) in [6.45, 7) is 7.56. The third-order valence-electron chi connectivity index (χ3n) is 12.6. The van der Waals surface area contributed by atoms with Crippen LogP contribution in [0.5, 0.6) is 11.5 Å². The molecule has 1 amide bonds. The highest BCUT2D eigenvalue weighted by Crippen LogP contribution is 2.46. The number of sulfonamides is 2. The van der Waals surface area contributed by atoms with E-state index in [1.165, 1.54) is 28.7 Å². The van der Waals surface area contributed by atoms with Crippen molar-refractivity contribution in [1.29, 1.82) is 0 Å². The highest BCUT2D eigenvalue weighted by molar-refractivity contribution is 7.90. The molecule has 2 aromatic heterocycles. The van der Waals surface area contributed by atoms with Crippen LogP contribution < -0.4 is 19.7 Å². The van der Waals surface area contributed by atoms with Crippen LogP contribution in [0.3, 0.4) is 0 Å². The molecule has 3 aliphatic rings. The van der Waals surface area contributed by atoms with Crippen LogP contribution in [0.4, 0.5) is 30.2 Å². The summed E-state index contributed by atoms with van der Waals surface area (Å²) in [5.74, 6) is -0.799. The van der Waals surface area contributed by atoms with Crippen LogP contribution in [0, 0.1) is 15.5 Å². The van der Waals surface area contributed by atoms with E-state index in [1.807, 2.05) is 4.72 Å². The first-order valence-corrected chi connectivity index (χ1v) is 25.7. The lowest BCUT2D eigenvalue weighted by molar-refractivity contribution is -0.384. The maximum atomic E-state index is 14.0. The number of benzene rings is 3. The third-order valence-corrected chi connectivity index (χ3v) is 15.5. The molecular weight excluding hydrogens is 965 g/mol. The van der Waals surface area contributed by atoms with Gasteiger partial charge in [0, 0.05) is 86.8 Å². The van der Waals surface area contributed by atoms with Gasteiger partial charge in [0.1, 0.15) is 22.8 Å². The molecule has 2 aliphatic heterocycles. The average Bonchev–Trinajstić information content (AvgIpc) is 3.76. The van der Waals surface area contributed by atoms with E-state index in [-0.39, 0.29) is 59.4 Å². The van der Waals surface area contributed by atoms with Crippen LogP contribution in [0.1, 0.15) is 54.6 Å².